The highest BCUT2D eigenvalue weighted by molar-refractivity contribution is 5.87. The summed E-state index contributed by atoms with van der Waals surface area (Å²) < 4.78 is 0. The van der Waals surface area contributed by atoms with Gasteiger partial charge in [-0.2, -0.15) is 0 Å². The molecule has 4 rings (SSSR count). The summed E-state index contributed by atoms with van der Waals surface area (Å²) in [7, 11) is 0. The lowest BCUT2D eigenvalue weighted by atomic mass is 9.89. The Bertz CT molecular complexity index is 944. The lowest BCUT2D eigenvalue weighted by molar-refractivity contribution is 0.0696. The highest BCUT2D eigenvalue weighted by Crippen LogP contribution is 2.28. The summed E-state index contributed by atoms with van der Waals surface area (Å²) in [5.41, 5.74) is 3.30. The molecule has 1 N–H and O–H groups in total. The minimum atomic E-state index is -0.875. The van der Waals surface area contributed by atoms with Crippen LogP contribution < -0.4 is 0 Å². The monoisotopic (exact) mass is 374 g/mol. The lowest BCUT2D eigenvalue weighted by Gasteiger charge is -2.33. The molecule has 2 aromatic heterocycles. The second-order valence-corrected chi connectivity index (χ2v) is 7.13. The van der Waals surface area contributed by atoms with Gasteiger partial charge in [0.15, 0.2) is 5.82 Å². The summed E-state index contributed by atoms with van der Waals surface area (Å²) in [4.78, 5) is 26.8. The Kier molecular flexibility index (Phi) is 5.39. The number of rotatable bonds is 5. The summed E-state index contributed by atoms with van der Waals surface area (Å²) in [6.07, 6.45) is 7.64. The molecule has 3 aromatic rings. The Morgan fingerprint density at radius 1 is 1.11 bits per heavy atom. The maximum Gasteiger partial charge on any atom is 0.335 e. The number of benzene rings is 1. The first-order chi connectivity index (χ1) is 13.7. The van der Waals surface area contributed by atoms with Gasteiger partial charge in [0.1, 0.15) is 5.69 Å². The van der Waals surface area contributed by atoms with E-state index >= 15 is 0 Å². The summed E-state index contributed by atoms with van der Waals surface area (Å²) in [6, 6.07) is 13.0. The maximum absolute atomic E-state index is 11.2. The van der Waals surface area contributed by atoms with Gasteiger partial charge in [-0.25, -0.2) is 14.8 Å². The summed E-state index contributed by atoms with van der Waals surface area (Å²) in [6.45, 7) is 2.72. The summed E-state index contributed by atoms with van der Waals surface area (Å²) >= 11 is 0. The average Bonchev–Trinajstić information content (AvgIpc) is 2.75. The van der Waals surface area contributed by atoms with Gasteiger partial charge < -0.3 is 5.11 Å². The van der Waals surface area contributed by atoms with Crippen LogP contribution in [0, 0.1) is 0 Å². The quantitative estimate of drug-likeness (QED) is 0.735. The third-order valence-corrected chi connectivity index (χ3v) is 5.12. The van der Waals surface area contributed by atoms with E-state index in [4.69, 9.17) is 0 Å². The van der Waals surface area contributed by atoms with Crippen molar-refractivity contribution < 1.29 is 9.90 Å². The van der Waals surface area contributed by atoms with Crippen molar-refractivity contribution in [2.45, 2.75) is 25.3 Å². The fraction of sp³-hybridized carbons (Fsp3) is 0.273. The van der Waals surface area contributed by atoms with E-state index < -0.39 is 5.97 Å². The number of nitrogens with zero attached hydrogens (tertiary/aromatic N) is 4. The van der Waals surface area contributed by atoms with E-state index in [-0.39, 0.29) is 0 Å². The number of hydrogen-bond acceptors (Lipinski definition) is 5. The van der Waals surface area contributed by atoms with Crippen LogP contribution in [0.4, 0.5) is 0 Å². The first-order valence-electron chi connectivity index (χ1n) is 9.47. The van der Waals surface area contributed by atoms with Crippen molar-refractivity contribution in [2.75, 3.05) is 13.1 Å². The smallest absolute Gasteiger partial charge is 0.335 e. The van der Waals surface area contributed by atoms with Crippen LogP contribution in [0.1, 0.15) is 40.2 Å². The summed E-state index contributed by atoms with van der Waals surface area (Å²) in [5, 5.41) is 9.23. The third kappa shape index (κ3) is 4.23. The highest BCUT2D eigenvalue weighted by Gasteiger charge is 2.22. The molecular weight excluding hydrogens is 352 g/mol. The second-order valence-electron chi connectivity index (χ2n) is 7.13. The van der Waals surface area contributed by atoms with Crippen molar-refractivity contribution in [1.82, 2.24) is 19.9 Å². The van der Waals surface area contributed by atoms with E-state index in [1.165, 1.54) is 0 Å². The minimum Gasteiger partial charge on any atom is -0.478 e. The van der Waals surface area contributed by atoms with Crippen molar-refractivity contribution in [1.29, 1.82) is 0 Å². The van der Waals surface area contributed by atoms with Crippen LogP contribution in [0.15, 0.2) is 61.1 Å². The zero-order valence-electron chi connectivity index (χ0n) is 15.5. The molecule has 0 saturated carbocycles. The molecule has 6 heteroatoms. The Balaban J connectivity index is 1.43. The SMILES string of the molecule is O=C(O)c1cccc([C@H]2CCCN(Cc3cnc(-c4ccccn4)nc3)C2)c1. The Morgan fingerprint density at radius 2 is 1.96 bits per heavy atom. The van der Waals surface area contributed by atoms with E-state index in [0.29, 0.717) is 17.3 Å². The lowest BCUT2D eigenvalue weighted by Crippen LogP contribution is -2.34. The van der Waals surface area contributed by atoms with Crippen molar-refractivity contribution in [3.05, 3.63) is 77.7 Å². The molecule has 1 aliphatic heterocycles. The fourth-order valence-electron chi connectivity index (χ4n) is 3.72. The van der Waals surface area contributed by atoms with Crippen LogP contribution >= 0.6 is 0 Å². The number of hydrogen-bond donors (Lipinski definition) is 1. The number of pyridine rings is 1. The van der Waals surface area contributed by atoms with Gasteiger partial charge in [0, 0.05) is 37.2 Å². The molecule has 1 aliphatic rings. The molecule has 6 nitrogen and oxygen atoms in total. The van der Waals surface area contributed by atoms with Crippen molar-refractivity contribution >= 4 is 5.97 Å². The topological polar surface area (TPSA) is 79.2 Å². The third-order valence-electron chi connectivity index (χ3n) is 5.12. The van der Waals surface area contributed by atoms with Gasteiger partial charge in [-0.3, -0.25) is 9.88 Å². The number of piperidine rings is 1. The first-order valence-corrected chi connectivity index (χ1v) is 9.47. The molecule has 28 heavy (non-hydrogen) atoms. The van der Waals surface area contributed by atoms with Crippen LogP contribution in [0.3, 0.4) is 0 Å². The largest absolute Gasteiger partial charge is 0.478 e. The van der Waals surface area contributed by atoms with Crippen molar-refractivity contribution in [3.63, 3.8) is 0 Å². The summed E-state index contributed by atoms with van der Waals surface area (Å²) in [5.74, 6) is 0.104. The van der Waals surface area contributed by atoms with E-state index in [1.54, 1.807) is 18.3 Å². The molecule has 3 heterocycles. The van der Waals surface area contributed by atoms with Gasteiger partial charge in [-0.05, 0) is 55.1 Å². The zero-order chi connectivity index (χ0) is 19.3. The minimum absolute atomic E-state index is 0.349. The molecule has 0 bridgehead atoms. The first kappa shape index (κ1) is 18.3. The predicted octanol–water partition coefficient (Wildman–Crippen LogP) is 3.62. The Hall–Kier alpha value is -3.12. The van der Waals surface area contributed by atoms with Crippen molar-refractivity contribution in [2.24, 2.45) is 0 Å². The number of carbonyl (C=O) groups is 1. The van der Waals surface area contributed by atoms with Crippen LogP contribution in [-0.4, -0.2) is 44.0 Å². The number of likely N-dealkylation sites (tertiary alicyclic amines) is 1. The van der Waals surface area contributed by atoms with E-state index in [2.05, 4.69) is 19.9 Å². The van der Waals surface area contributed by atoms with Gasteiger partial charge in [0.25, 0.3) is 0 Å². The molecule has 1 aromatic carbocycles. The van der Waals surface area contributed by atoms with Crippen LogP contribution in [0.25, 0.3) is 11.5 Å². The van der Waals surface area contributed by atoms with Gasteiger partial charge in [0.2, 0.25) is 0 Å². The van der Waals surface area contributed by atoms with E-state index in [0.717, 1.165) is 49.3 Å². The zero-order valence-corrected chi connectivity index (χ0v) is 15.5. The normalized spacial score (nSPS) is 17.4. The molecule has 1 atom stereocenters. The molecule has 0 amide bonds. The van der Waals surface area contributed by atoms with Gasteiger partial charge in [-0.15, -0.1) is 0 Å². The predicted molar refractivity (Wildman–Crippen MR) is 106 cm³/mol. The molecule has 0 unspecified atom stereocenters. The molecule has 0 aliphatic carbocycles. The molecule has 0 radical (unpaired) electrons. The standard InChI is InChI=1S/C22H22N4O2/c27-22(28)18-6-3-5-17(11-18)19-7-4-10-26(15-19)14-16-12-24-21(25-13-16)20-8-1-2-9-23-20/h1-3,5-6,8-9,11-13,19H,4,7,10,14-15H2,(H,27,28)/t19-/m0/s1. The molecular formula is C22H22N4O2. The van der Waals surface area contributed by atoms with Crippen LogP contribution in [0.5, 0.6) is 0 Å². The average molecular weight is 374 g/mol. The van der Waals surface area contributed by atoms with E-state index in [9.17, 15) is 9.90 Å². The Labute approximate surface area is 163 Å². The maximum atomic E-state index is 11.2. The van der Waals surface area contributed by atoms with E-state index in [1.807, 2.05) is 42.7 Å². The van der Waals surface area contributed by atoms with Gasteiger partial charge in [0.05, 0.1) is 5.56 Å². The molecule has 0 spiro atoms. The second kappa shape index (κ2) is 8.27. The number of aromatic nitrogens is 3. The molecule has 1 fully saturated rings. The Morgan fingerprint density at radius 3 is 2.71 bits per heavy atom. The molecule has 1 saturated heterocycles. The number of carboxylic acid groups (broad SMARTS) is 1. The fourth-order valence-corrected chi connectivity index (χ4v) is 3.72. The van der Waals surface area contributed by atoms with Crippen LogP contribution in [-0.2, 0) is 6.54 Å². The van der Waals surface area contributed by atoms with Crippen LogP contribution in [0.2, 0.25) is 0 Å². The number of aromatic carboxylic acids is 1. The van der Waals surface area contributed by atoms with Crippen molar-refractivity contribution in [3.8, 4) is 11.5 Å². The highest BCUT2D eigenvalue weighted by atomic mass is 16.4. The van der Waals surface area contributed by atoms with Gasteiger partial charge >= 0.3 is 5.97 Å². The number of carboxylic acids is 1. The molecule has 142 valence electrons. The van der Waals surface area contributed by atoms with Gasteiger partial charge in [-0.1, -0.05) is 18.2 Å².